The molecular weight excluding hydrogens is 602 g/mol. The van der Waals surface area contributed by atoms with E-state index in [9.17, 15) is 32.8 Å². The number of fused-ring (bicyclic) bond motifs is 1. The van der Waals surface area contributed by atoms with Crippen molar-refractivity contribution < 1.29 is 42.2 Å². The first kappa shape index (κ1) is 36.7. The lowest BCUT2D eigenvalue weighted by Gasteiger charge is -2.38. The molecule has 256 valence electrons. The van der Waals surface area contributed by atoms with Crippen molar-refractivity contribution in [1.29, 1.82) is 0 Å². The van der Waals surface area contributed by atoms with Crippen LogP contribution in [-0.2, 0) is 30.3 Å². The van der Waals surface area contributed by atoms with Crippen LogP contribution in [0.1, 0.15) is 77.7 Å². The van der Waals surface area contributed by atoms with E-state index >= 15 is 0 Å². The normalized spacial score (nSPS) is 21.5. The molecule has 0 bridgehead atoms. The SMILES string of the molecule is COC(=O)c1ccc(CCNC(=O)[C@H](CC(F)F)NC(=O)[C@@H]2C3C(CN2C(=O)[C@@H](NC(=O)OC(C)(C)C)C(C)(C)C)C3(C)C)cc1. The van der Waals surface area contributed by atoms with Crippen molar-refractivity contribution >= 4 is 29.8 Å². The molecule has 0 radical (unpaired) electrons. The predicted octanol–water partition coefficient (Wildman–Crippen LogP) is 3.69. The number of nitrogens with zero attached hydrogens (tertiary/aromatic N) is 1. The van der Waals surface area contributed by atoms with E-state index < -0.39 is 71.8 Å². The Balaban J connectivity index is 1.74. The Morgan fingerprint density at radius 2 is 1.61 bits per heavy atom. The van der Waals surface area contributed by atoms with Gasteiger partial charge in [0.2, 0.25) is 24.1 Å². The average molecular weight is 651 g/mol. The molecule has 46 heavy (non-hydrogen) atoms. The van der Waals surface area contributed by atoms with Crippen molar-refractivity contribution in [1.82, 2.24) is 20.9 Å². The van der Waals surface area contributed by atoms with Crippen molar-refractivity contribution in [3.63, 3.8) is 0 Å². The zero-order valence-electron chi connectivity index (χ0n) is 28.2. The maximum atomic E-state index is 14.0. The second-order valence-electron chi connectivity index (χ2n) is 14.8. The molecule has 2 fully saturated rings. The minimum Gasteiger partial charge on any atom is -0.465 e. The number of alkyl halides is 2. The third kappa shape index (κ3) is 8.94. The number of halogens is 2. The van der Waals surface area contributed by atoms with Crippen LogP contribution in [0.5, 0.6) is 0 Å². The Morgan fingerprint density at radius 3 is 2.13 bits per heavy atom. The Kier molecular flexibility index (Phi) is 11.1. The van der Waals surface area contributed by atoms with Gasteiger partial charge in [-0.2, -0.15) is 0 Å². The highest BCUT2D eigenvalue weighted by atomic mass is 19.3. The van der Waals surface area contributed by atoms with Crippen LogP contribution in [0.15, 0.2) is 24.3 Å². The number of rotatable bonds is 11. The predicted molar refractivity (Wildman–Crippen MR) is 166 cm³/mol. The van der Waals surface area contributed by atoms with Crippen LogP contribution in [-0.4, -0.2) is 85.0 Å². The van der Waals surface area contributed by atoms with E-state index in [-0.39, 0.29) is 30.3 Å². The molecule has 5 atom stereocenters. The number of carbonyl (C=O) groups excluding carboxylic acids is 5. The van der Waals surface area contributed by atoms with E-state index in [0.29, 0.717) is 12.0 Å². The van der Waals surface area contributed by atoms with Crippen LogP contribution in [0, 0.1) is 22.7 Å². The molecule has 3 rings (SSSR count). The molecule has 4 amide bonds. The zero-order valence-corrected chi connectivity index (χ0v) is 28.2. The minimum atomic E-state index is -2.88. The van der Waals surface area contributed by atoms with Gasteiger partial charge in [-0.3, -0.25) is 14.4 Å². The maximum absolute atomic E-state index is 14.0. The lowest BCUT2D eigenvalue weighted by molar-refractivity contribution is -0.144. The van der Waals surface area contributed by atoms with E-state index in [1.807, 2.05) is 13.8 Å². The summed E-state index contributed by atoms with van der Waals surface area (Å²) in [6.45, 7) is 14.7. The van der Waals surface area contributed by atoms with Gasteiger partial charge >= 0.3 is 12.1 Å². The van der Waals surface area contributed by atoms with Gasteiger partial charge in [0.25, 0.3) is 0 Å². The fourth-order valence-corrected chi connectivity index (χ4v) is 6.10. The van der Waals surface area contributed by atoms with Crippen molar-refractivity contribution in [2.24, 2.45) is 22.7 Å². The maximum Gasteiger partial charge on any atom is 0.408 e. The Labute approximate surface area is 269 Å². The van der Waals surface area contributed by atoms with E-state index in [1.165, 1.54) is 12.0 Å². The molecule has 1 aromatic rings. The molecule has 0 aromatic heterocycles. The van der Waals surface area contributed by atoms with E-state index in [1.54, 1.807) is 65.8 Å². The number of benzene rings is 1. The molecular formula is C33H48F2N4O7. The van der Waals surface area contributed by atoms with Crippen LogP contribution in [0.2, 0.25) is 0 Å². The van der Waals surface area contributed by atoms with Crippen molar-refractivity contribution in [3.8, 4) is 0 Å². The second kappa shape index (κ2) is 13.9. The van der Waals surface area contributed by atoms with Crippen LogP contribution in [0.3, 0.4) is 0 Å². The van der Waals surface area contributed by atoms with Gasteiger partial charge in [0.15, 0.2) is 0 Å². The van der Waals surface area contributed by atoms with Crippen LogP contribution in [0.25, 0.3) is 0 Å². The third-order valence-corrected chi connectivity index (χ3v) is 8.67. The summed E-state index contributed by atoms with van der Waals surface area (Å²) in [5, 5.41) is 7.78. The number of ether oxygens (including phenoxy) is 2. The van der Waals surface area contributed by atoms with Gasteiger partial charge in [0, 0.05) is 19.5 Å². The molecule has 1 heterocycles. The fourth-order valence-electron chi connectivity index (χ4n) is 6.10. The molecule has 0 spiro atoms. The quantitative estimate of drug-likeness (QED) is 0.310. The number of methoxy groups -OCH3 is 1. The molecule has 3 N–H and O–H groups in total. The largest absolute Gasteiger partial charge is 0.465 e. The number of esters is 1. The standard InChI is InChI=1S/C33H48F2N4O7/c1-31(2,3)25(38-30(44)46-32(4,5)6)28(42)39-17-20-23(33(20,7)8)24(39)27(41)37-21(16-22(34)35)26(40)36-15-14-18-10-12-19(13-11-18)29(43)45-9/h10-13,20-25H,14-17H2,1-9H3,(H,36,40)(H,37,41)(H,38,44)/t20?,21-,23?,24-,25+/m0/s1. The monoisotopic (exact) mass is 650 g/mol. The average Bonchev–Trinajstić information content (AvgIpc) is 3.25. The molecule has 1 saturated carbocycles. The Hall–Kier alpha value is -3.77. The molecule has 1 aliphatic carbocycles. The molecule has 13 heteroatoms. The summed E-state index contributed by atoms with van der Waals surface area (Å²) in [5.41, 5.74) is -0.678. The van der Waals surface area contributed by atoms with Gasteiger partial charge in [-0.25, -0.2) is 18.4 Å². The number of hydrogen-bond acceptors (Lipinski definition) is 7. The third-order valence-electron chi connectivity index (χ3n) is 8.67. The van der Waals surface area contributed by atoms with E-state index in [0.717, 1.165) is 5.56 Å². The smallest absolute Gasteiger partial charge is 0.408 e. The lowest BCUT2D eigenvalue weighted by Crippen LogP contribution is -2.61. The number of hydrogen-bond donors (Lipinski definition) is 3. The molecule has 1 aromatic carbocycles. The van der Waals surface area contributed by atoms with Gasteiger partial charge in [-0.05, 0) is 67.6 Å². The summed E-state index contributed by atoms with van der Waals surface area (Å²) in [5.74, 6) is -2.71. The number of piperidine rings is 1. The van der Waals surface area contributed by atoms with Crippen molar-refractivity contribution in [2.45, 2.75) is 98.4 Å². The highest BCUT2D eigenvalue weighted by molar-refractivity contribution is 5.95. The lowest BCUT2D eigenvalue weighted by atomic mass is 9.85. The summed E-state index contributed by atoms with van der Waals surface area (Å²) < 4.78 is 37.2. The van der Waals surface area contributed by atoms with Gasteiger partial charge in [0.05, 0.1) is 12.7 Å². The van der Waals surface area contributed by atoms with Crippen molar-refractivity contribution in [3.05, 3.63) is 35.4 Å². The fraction of sp³-hybridized carbons (Fsp3) is 0.667. The number of alkyl carbamates (subject to hydrolysis) is 1. The summed E-state index contributed by atoms with van der Waals surface area (Å²) in [6.07, 6.45) is -4.21. The van der Waals surface area contributed by atoms with Gasteiger partial charge in [-0.15, -0.1) is 0 Å². The minimum absolute atomic E-state index is 0.0118. The second-order valence-corrected chi connectivity index (χ2v) is 14.8. The number of carbonyl (C=O) groups is 5. The Morgan fingerprint density at radius 1 is 1.00 bits per heavy atom. The van der Waals surface area contributed by atoms with E-state index in [4.69, 9.17) is 4.74 Å². The van der Waals surface area contributed by atoms with Gasteiger partial charge in [-0.1, -0.05) is 46.8 Å². The molecule has 2 unspecified atom stereocenters. The van der Waals surface area contributed by atoms with E-state index in [2.05, 4.69) is 20.7 Å². The summed E-state index contributed by atoms with van der Waals surface area (Å²) >= 11 is 0. The summed E-state index contributed by atoms with van der Waals surface area (Å²) in [7, 11) is 1.28. The molecule has 1 saturated heterocycles. The first-order chi connectivity index (χ1) is 21.2. The van der Waals surface area contributed by atoms with Crippen LogP contribution >= 0.6 is 0 Å². The number of nitrogens with one attached hydrogen (secondary N) is 3. The van der Waals surface area contributed by atoms with Gasteiger partial charge in [0.1, 0.15) is 23.7 Å². The van der Waals surface area contributed by atoms with Gasteiger partial charge < -0.3 is 30.3 Å². The van der Waals surface area contributed by atoms with Crippen molar-refractivity contribution in [2.75, 3.05) is 20.2 Å². The first-order valence-corrected chi connectivity index (χ1v) is 15.5. The Bertz CT molecular complexity index is 1300. The molecule has 1 aliphatic heterocycles. The zero-order chi connectivity index (χ0) is 34.8. The first-order valence-electron chi connectivity index (χ1n) is 15.5. The molecule has 11 nitrogen and oxygen atoms in total. The number of amides is 4. The number of likely N-dealkylation sites (tertiary alicyclic amines) is 1. The van der Waals surface area contributed by atoms with Crippen LogP contribution in [0.4, 0.5) is 13.6 Å². The summed E-state index contributed by atoms with van der Waals surface area (Å²) in [6, 6.07) is 2.95. The van der Waals surface area contributed by atoms with Crippen LogP contribution < -0.4 is 16.0 Å². The highest BCUT2D eigenvalue weighted by Crippen LogP contribution is 2.65. The summed E-state index contributed by atoms with van der Waals surface area (Å²) in [4.78, 5) is 66.5. The molecule has 2 aliphatic rings. The topological polar surface area (TPSA) is 143 Å². The highest BCUT2D eigenvalue weighted by Gasteiger charge is 2.70.